The van der Waals surface area contributed by atoms with Crippen LogP contribution in [-0.4, -0.2) is 62.0 Å². The van der Waals surface area contributed by atoms with Gasteiger partial charge in [0.1, 0.15) is 11.5 Å². The fourth-order valence-corrected chi connectivity index (χ4v) is 3.54. The van der Waals surface area contributed by atoms with Crippen molar-refractivity contribution in [2.24, 2.45) is 0 Å². The number of aryl methyl sites for hydroxylation is 1. The van der Waals surface area contributed by atoms with E-state index >= 15 is 0 Å². The standard InChI is InChI=1S/C23H28N2O4/c1-28-20-15-19(16-21(17-20)29-2)23(27)25-12-6-11-24(13-14-25)22(26)10-9-18-7-4-3-5-8-18/h3-5,7-8,15-17H,6,9-14H2,1-2H3. The maximum Gasteiger partial charge on any atom is 0.254 e. The minimum Gasteiger partial charge on any atom is -0.497 e. The number of carbonyl (C=O) groups is 2. The molecule has 2 aromatic rings. The first-order valence-corrected chi connectivity index (χ1v) is 9.94. The molecule has 2 aromatic carbocycles. The van der Waals surface area contributed by atoms with Gasteiger partial charge in [0.15, 0.2) is 0 Å². The molecule has 0 atom stereocenters. The number of rotatable bonds is 6. The van der Waals surface area contributed by atoms with Crippen LogP contribution in [0.1, 0.15) is 28.8 Å². The summed E-state index contributed by atoms with van der Waals surface area (Å²) in [5.74, 6) is 1.24. The van der Waals surface area contributed by atoms with E-state index in [1.165, 1.54) is 5.56 Å². The summed E-state index contributed by atoms with van der Waals surface area (Å²) in [4.78, 5) is 29.3. The summed E-state index contributed by atoms with van der Waals surface area (Å²) in [6, 6.07) is 15.2. The lowest BCUT2D eigenvalue weighted by Crippen LogP contribution is -2.37. The molecule has 1 aliphatic rings. The van der Waals surface area contributed by atoms with Crippen molar-refractivity contribution in [3.63, 3.8) is 0 Å². The topological polar surface area (TPSA) is 59.1 Å². The molecule has 2 amide bonds. The molecule has 0 saturated carbocycles. The van der Waals surface area contributed by atoms with Crippen molar-refractivity contribution in [3.05, 3.63) is 59.7 Å². The summed E-state index contributed by atoms with van der Waals surface area (Å²) in [6.07, 6.45) is 2.00. The first-order valence-electron chi connectivity index (χ1n) is 9.94. The van der Waals surface area contributed by atoms with Gasteiger partial charge in [0.25, 0.3) is 5.91 Å². The number of carbonyl (C=O) groups excluding carboxylic acids is 2. The molecule has 1 fully saturated rings. The fraction of sp³-hybridized carbons (Fsp3) is 0.391. The Labute approximate surface area is 172 Å². The van der Waals surface area contributed by atoms with E-state index in [0.29, 0.717) is 49.7 Å². The number of benzene rings is 2. The van der Waals surface area contributed by atoms with Crippen molar-refractivity contribution < 1.29 is 19.1 Å². The third kappa shape index (κ3) is 5.50. The van der Waals surface area contributed by atoms with Crippen LogP contribution >= 0.6 is 0 Å². The number of nitrogens with zero attached hydrogens (tertiary/aromatic N) is 2. The summed E-state index contributed by atoms with van der Waals surface area (Å²) >= 11 is 0. The average molecular weight is 396 g/mol. The van der Waals surface area contributed by atoms with Crippen molar-refractivity contribution in [1.29, 1.82) is 0 Å². The van der Waals surface area contributed by atoms with Gasteiger partial charge in [-0.1, -0.05) is 30.3 Å². The van der Waals surface area contributed by atoms with Crippen LogP contribution in [0.25, 0.3) is 0 Å². The first-order chi connectivity index (χ1) is 14.1. The second-order valence-electron chi connectivity index (χ2n) is 7.11. The van der Waals surface area contributed by atoms with E-state index in [4.69, 9.17) is 9.47 Å². The summed E-state index contributed by atoms with van der Waals surface area (Å²) < 4.78 is 10.5. The summed E-state index contributed by atoms with van der Waals surface area (Å²) in [6.45, 7) is 2.38. The minimum absolute atomic E-state index is 0.0687. The van der Waals surface area contributed by atoms with E-state index in [1.54, 1.807) is 37.3 Å². The molecule has 3 rings (SSSR count). The quantitative estimate of drug-likeness (QED) is 0.753. The van der Waals surface area contributed by atoms with Gasteiger partial charge < -0.3 is 19.3 Å². The van der Waals surface area contributed by atoms with Crippen LogP contribution in [0, 0.1) is 0 Å². The number of hydrogen-bond acceptors (Lipinski definition) is 4. The van der Waals surface area contributed by atoms with Gasteiger partial charge in [0, 0.05) is 44.2 Å². The summed E-state index contributed by atoms with van der Waals surface area (Å²) in [7, 11) is 3.13. The second kappa shape index (κ2) is 9.96. The number of ether oxygens (including phenoxy) is 2. The van der Waals surface area contributed by atoms with Gasteiger partial charge >= 0.3 is 0 Å². The molecular weight excluding hydrogens is 368 g/mol. The van der Waals surface area contributed by atoms with Crippen molar-refractivity contribution in [3.8, 4) is 11.5 Å². The third-order valence-electron chi connectivity index (χ3n) is 5.20. The molecule has 0 aliphatic carbocycles. The number of amides is 2. The lowest BCUT2D eigenvalue weighted by molar-refractivity contribution is -0.131. The zero-order valence-electron chi connectivity index (χ0n) is 17.1. The van der Waals surface area contributed by atoms with Gasteiger partial charge in [-0.25, -0.2) is 0 Å². The molecule has 1 heterocycles. The van der Waals surface area contributed by atoms with Crippen LogP contribution in [0.3, 0.4) is 0 Å². The minimum atomic E-state index is -0.0687. The highest BCUT2D eigenvalue weighted by Gasteiger charge is 2.23. The molecule has 0 radical (unpaired) electrons. The van der Waals surface area contributed by atoms with Crippen LogP contribution in [0.2, 0.25) is 0 Å². The Morgan fingerprint density at radius 3 is 2.14 bits per heavy atom. The maximum absolute atomic E-state index is 13.0. The Bertz CT molecular complexity index is 816. The van der Waals surface area contributed by atoms with Crippen LogP contribution in [0.15, 0.2) is 48.5 Å². The number of methoxy groups -OCH3 is 2. The van der Waals surface area contributed by atoms with Crippen molar-refractivity contribution in [1.82, 2.24) is 9.80 Å². The van der Waals surface area contributed by atoms with Gasteiger partial charge in [-0.2, -0.15) is 0 Å². The highest BCUT2D eigenvalue weighted by Crippen LogP contribution is 2.24. The van der Waals surface area contributed by atoms with Crippen LogP contribution in [0.4, 0.5) is 0 Å². The normalized spacial score (nSPS) is 14.3. The summed E-state index contributed by atoms with van der Waals surface area (Å²) in [5.41, 5.74) is 1.70. The van der Waals surface area contributed by atoms with E-state index in [2.05, 4.69) is 0 Å². The van der Waals surface area contributed by atoms with Crippen LogP contribution in [0.5, 0.6) is 11.5 Å². The van der Waals surface area contributed by atoms with E-state index in [0.717, 1.165) is 12.8 Å². The largest absolute Gasteiger partial charge is 0.497 e. The molecule has 6 nitrogen and oxygen atoms in total. The monoisotopic (exact) mass is 396 g/mol. The molecule has 0 spiro atoms. The molecule has 1 saturated heterocycles. The average Bonchev–Trinajstić information content (AvgIpc) is 3.03. The van der Waals surface area contributed by atoms with Crippen molar-refractivity contribution in [2.75, 3.05) is 40.4 Å². The molecule has 0 unspecified atom stereocenters. The third-order valence-corrected chi connectivity index (χ3v) is 5.20. The van der Waals surface area contributed by atoms with Crippen LogP contribution in [-0.2, 0) is 11.2 Å². The van der Waals surface area contributed by atoms with Crippen molar-refractivity contribution >= 4 is 11.8 Å². The van der Waals surface area contributed by atoms with E-state index in [1.807, 2.05) is 35.2 Å². The Hall–Kier alpha value is -3.02. The molecule has 0 N–H and O–H groups in total. The Kier molecular flexibility index (Phi) is 7.11. The van der Waals surface area contributed by atoms with Gasteiger partial charge in [-0.3, -0.25) is 9.59 Å². The van der Waals surface area contributed by atoms with Gasteiger partial charge in [-0.05, 0) is 30.5 Å². The van der Waals surface area contributed by atoms with Crippen LogP contribution < -0.4 is 9.47 Å². The summed E-state index contributed by atoms with van der Waals surface area (Å²) in [5, 5.41) is 0. The molecule has 0 bridgehead atoms. The Morgan fingerprint density at radius 1 is 0.862 bits per heavy atom. The van der Waals surface area contributed by atoms with Crippen molar-refractivity contribution in [2.45, 2.75) is 19.3 Å². The highest BCUT2D eigenvalue weighted by atomic mass is 16.5. The Balaban J connectivity index is 1.59. The fourth-order valence-electron chi connectivity index (χ4n) is 3.54. The predicted octanol–water partition coefficient (Wildman–Crippen LogP) is 3.01. The molecular formula is C23H28N2O4. The van der Waals surface area contributed by atoms with E-state index < -0.39 is 0 Å². The van der Waals surface area contributed by atoms with E-state index in [-0.39, 0.29) is 11.8 Å². The first kappa shape index (κ1) is 20.7. The zero-order valence-corrected chi connectivity index (χ0v) is 17.1. The molecule has 1 aliphatic heterocycles. The van der Waals surface area contributed by atoms with Gasteiger partial charge in [0.2, 0.25) is 5.91 Å². The van der Waals surface area contributed by atoms with Gasteiger partial charge in [-0.15, -0.1) is 0 Å². The highest BCUT2D eigenvalue weighted by molar-refractivity contribution is 5.95. The lowest BCUT2D eigenvalue weighted by atomic mass is 10.1. The maximum atomic E-state index is 13.0. The molecule has 0 aromatic heterocycles. The SMILES string of the molecule is COc1cc(OC)cc(C(=O)N2CCCN(C(=O)CCc3ccccc3)CC2)c1. The number of hydrogen-bond donors (Lipinski definition) is 0. The molecule has 154 valence electrons. The zero-order chi connectivity index (χ0) is 20.6. The predicted molar refractivity (Wildman–Crippen MR) is 111 cm³/mol. The molecule has 6 heteroatoms. The smallest absolute Gasteiger partial charge is 0.254 e. The molecule has 29 heavy (non-hydrogen) atoms. The lowest BCUT2D eigenvalue weighted by Gasteiger charge is -2.22. The Morgan fingerprint density at radius 2 is 1.48 bits per heavy atom. The second-order valence-corrected chi connectivity index (χ2v) is 7.11. The van der Waals surface area contributed by atoms with Gasteiger partial charge in [0.05, 0.1) is 14.2 Å². The van der Waals surface area contributed by atoms with E-state index in [9.17, 15) is 9.59 Å².